The molecule has 0 aliphatic heterocycles. The molecule has 2 aromatic rings. The molecule has 1 heterocycles. The van der Waals surface area contributed by atoms with Crippen LogP contribution < -0.4 is 10.1 Å². The molecule has 1 aromatic carbocycles. The average Bonchev–Trinajstić information content (AvgIpc) is 2.96. The first-order valence-electron chi connectivity index (χ1n) is 8.09. The summed E-state index contributed by atoms with van der Waals surface area (Å²) in [5, 5.41) is 7.77. The molecule has 1 N–H and O–H groups in total. The zero-order valence-electron chi connectivity index (χ0n) is 14.8. The van der Waals surface area contributed by atoms with E-state index in [9.17, 15) is 4.79 Å². The van der Waals surface area contributed by atoms with Crippen molar-refractivity contribution >= 4 is 5.91 Å². The minimum atomic E-state index is -0.0554. The molecule has 24 heavy (non-hydrogen) atoms. The highest BCUT2D eigenvalue weighted by molar-refractivity contribution is 5.77. The highest BCUT2D eigenvalue weighted by Gasteiger charge is 2.09. The highest BCUT2D eigenvalue weighted by atomic mass is 16.5. The summed E-state index contributed by atoms with van der Waals surface area (Å²) in [6, 6.07) is 8.05. The van der Waals surface area contributed by atoms with E-state index < -0.39 is 0 Å². The molecular weight excluding hydrogens is 304 g/mol. The van der Waals surface area contributed by atoms with Gasteiger partial charge in [0.15, 0.2) is 6.61 Å². The quantitative estimate of drug-likeness (QED) is 0.802. The topological polar surface area (TPSA) is 59.4 Å². The lowest BCUT2D eigenvalue weighted by molar-refractivity contribution is -0.130. The predicted molar refractivity (Wildman–Crippen MR) is 93.9 cm³/mol. The van der Waals surface area contributed by atoms with Crippen molar-refractivity contribution in [3.05, 3.63) is 47.8 Å². The Morgan fingerprint density at radius 1 is 1.38 bits per heavy atom. The van der Waals surface area contributed by atoms with E-state index in [1.54, 1.807) is 14.1 Å². The van der Waals surface area contributed by atoms with E-state index in [1.807, 2.05) is 48.3 Å². The monoisotopic (exact) mass is 330 g/mol. The normalized spacial score (nSPS) is 12.0. The Bertz CT molecular complexity index is 667. The van der Waals surface area contributed by atoms with Gasteiger partial charge in [-0.15, -0.1) is 0 Å². The maximum absolute atomic E-state index is 11.7. The smallest absolute Gasteiger partial charge is 0.259 e. The third kappa shape index (κ3) is 5.38. The van der Waals surface area contributed by atoms with Crippen LogP contribution in [0.1, 0.15) is 18.1 Å². The average molecular weight is 330 g/mol. The van der Waals surface area contributed by atoms with E-state index in [1.165, 1.54) is 4.90 Å². The predicted octanol–water partition coefficient (Wildman–Crippen LogP) is 1.84. The fraction of sp³-hybridized carbons (Fsp3) is 0.444. The second-order valence-corrected chi connectivity index (χ2v) is 6.21. The molecule has 6 nitrogen and oxygen atoms in total. The van der Waals surface area contributed by atoms with E-state index in [-0.39, 0.29) is 18.6 Å². The molecule has 1 amide bonds. The third-order valence-corrected chi connectivity index (χ3v) is 3.69. The first-order valence-corrected chi connectivity index (χ1v) is 8.09. The van der Waals surface area contributed by atoms with Crippen molar-refractivity contribution in [2.75, 3.05) is 20.7 Å². The molecule has 130 valence electrons. The van der Waals surface area contributed by atoms with Crippen LogP contribution in [-0.2, 0) is 17.9 Å². The van der Waals surface area contributed by atoms with Crippen molar-refractivity contribution in [2.24, 2.45) is 0 Å². The van der Waals surface area contributed by atoms with Gasteiger partial charge in [-0.05, 0) is 25.5 Å². The van der Waals surface area contributed by atoms with Crippen LogP contribution in [0.2, 0.25) is 0 Å². The number of nitrogens with one attached hydrogen (secondary N) is 1. The summed E-state index contributed by atoms with van der Waals surface area (Å²) in [6.45, 7) is 5.68. The molecule has 1 atom stereocenters. The van der Waals surface area contributed by atoms with E-state index in [0.717, 1.165) is 23.4 Å². The number of carbonyl (C=O) groups is 1. The Kier molecular flexibility index (Phi) is 6.37. The van der Waals surface area contributed by atoms with Crippen LogP contribution in [0.5, 0.6) is 5.75 Å². The van der Waals surface area contributed by atoms with Crippen molar-refractivity contribution < 1.29 is 9.53 Å². The number of amides is 1. The van der Waals surface area contributed by atoms with Gasteiger partial charge >= 0.3 is 0 Å². The standard InChI is InChI=1S/C18H26N4O2/c1-14-9-20-22(11-14)12-15(2)19-10-16-7-5-6-8-17(16)24-13-18(23)21(3)4/h5-9,11,15,19H,10,12-13H2,1-4H3. The lowest BCUT2D eigenvalue weighted by Crippen LogP contribution is -2.30. The van der Waals surface area contributed by atoms with Gasteiger partial charge < -0.3 is 15.0 Å². The molecular formula is C18H26N4O2. The van der Waals surface area contributed by atoms with E-state index >= 15 is 0 Å². The van der Waals surface area contributed by atoms with Crippen LogP contribution in [0, 0.1) is 6.92 Å². The Labute approximate surface area is 143 Å². The molecule has 0 saturated carbocycles. The van der Waals surface area contributed by atoms with Crippen LogP contribution in [0.25, 0.3) is 0 Å². The zero-order valence-corrected chi connectivity index (χ0v) is 14.8. The lowest BCUT2D eigenvalue weighted by Gasteiger charge is -2.17. The Hall–Kier alpha value is -2.34. The van der Waals surface area contributed by atoms with Crippen molar-refractivity contribution in [2.45, 2.75) is 33.0 Å². The molecule has 2 rings (SSSR count). The van der Waals surface area contributed by atoms with Gasteiger partial charge in [-0.25, -0.2) is 0 Å². The number of benzene rings is 1. The maximum atomic E-state index is 11.7. The Morgan fingerprint density at radius 2 is 2.12 bits per heavy atom. The van der Waals surface area contributed by atoms with Crippen LogP contribution in [0.4, 0.5) is 0 Å². The van der Waals surface area contributed by atoms with Crippen molar-refractivity contribution in [1.82, 2.24) is 20.0 Å². The van der Waals surface area contributed by atoms with Gasteiger partial charge in [0.2, 0.25) is 0 Å². The van der Waals surface area contributed by atoms with Gasteiger partial charge in [-0.3, -0.25) is 9.48 Å². The van der Waals surface area contributed by atoms with Gasteiger partial charge in [0.05, 0.1) is 12.7 Å². The van der Waals surface area contributed by atoms with Gasteiger partial charge in [-0.2, -0.15) is 5.10 Å². The van der Waals surface area contributed by atoms with E-state index in [4.69, 9.17) is 4.74 Å². The number of rotatable bonds is 8. The highest BCUT2D eigenvalue weighted by Crippen LogP contribution is 2.18. The molecule has 6 heteroatoms. The van der Waals surface area contributed by atoms with Crippen LogP contribution in [-0.4, -0.2) is 47.3 Å². The summed E-state index contributed by atoms with van der Waals surface area (Å²) in [5.74, 6) is 0.683. The van der Waals surface area contributed by atoms with Gasteiger partial charge in [0.1, 0.15) is 5.75 Å². The molecule has 0 bridgehead atoms. The molecule has 0 aliphatic rings. The first-order chi connectivity index (χ1) is 11.5. The number of likely N-dealkylation sites (N-methyl/N-ethyl adjacent to an activating group) is 1. The number of hydrogen-bond acceptors (Lipinski definition) is 4. The van der Waals surface area contributed by atoms with Crippen molar-refractivity contribution in [3.8, 4) is 5.75 Å². The minimum absolute atomic E-state index is 0.0477. The molecule has 0 spiro atoms. The van der Waals surface area contributed by atoms with E-state index in [0.29, 0.717) is 6.54 Å². The summed E-state index contributed by atoms with van der Waals surface area (Å²) in [6.07, 6.45) is 3.89. The van der Waals surface area contributed by atoms with Crippen LogP contribution >= 0.6 is 0 Å². The van der Waals surface area contributed by atoms with Gasteiger partial charge in [0.25, 0.3) is 5.91 Å². The third-order valence-electron chi connectivity index (χ3n) is 3.69. The second-order valence-electron chi connectivity index (χ2n) is 6.21. The van der Waals surface area contributed by atoms with Crippen LogP contribution in [0.15, 0.2) is 36.7 Å². The summed E-state index contributed by atoms with van der Waals surface area (Å²) in [4.78, 5) is 13.2. The number of aryl methyl sites for hydroxylation is 1. The van der Waals surface area contributed by atoms with Crippen molar-refractivity contribution in [1.29, 1.82) is 0 Å². The molecule has 0 saturated heterocycles. The largest absolute Gasteiger partial charge is 0.483 e. The summed E-state index contributed by atoms with van der Waals surface area (Å²) >= 11 is 0. The van der Waals surface area contributed by atoms with Crippen LogP contribution in [0.3, 0.4) is 0 Å². The molecule has 1 unspecified atom stereocenters. The summed E-state index contributed by atoms with van der Waals surface area (Å²) < 4.78 is 7.60. The molecule has 0 aliphatic carbocycles. The Balaban J connectivity index is 1.88. The van der Waals surface area contributed by atoms with Gasteiger partial charge in [-0.1, -0.05) is 18.2 Å². The molecule has 0 fully saturated rings. The lowest BCUT2D eigenvalue weighted by atomic mass is 10.2. The number of carbonyl (C=O) groups excluding carboxylic acids is 1. The van der Waals surface area contributed by atoms with Gasteiger partial charge in [0, 0.05) is 38.4 Å². The summed E-state index contributed by atoms with van der Waals surface area (Å²) in [7, 11) is 3.44. The maximum Gasteiger partial charge on any atom is 0.259 e. The number of nitrogens with zero attached hydrogens (tertiary/aromatic N) is 3. The Morgan fingerprint density at radius 3 is 2.79 bits per heavy atom. The number of para-hydroxylation sites is 1. The number of hydrogen-bond donors (Lipinski definition) is 1. The molecule has 1 aromatic heterocycles. The minimum Gasteiger partial charge on any atom is -0.483 e. The SMILES string of the molecule is Cc1cnn(CC(C)NCc2ccccc2OCC(=O)N(C)C)c1. The zero-order chi connectivity index (χ0) is 17.5. The second kappa shape index (κ2) is 8.49. The fourth-order valence-electron chi connectivity index (χ4n) is 2.26. The van der Waals surface area contributed by atoms with E-state index in [2.05, 4.69) is 17.3 Å². The first kappa shape index (κ1) is 18.0. The molecule has 0 radical (unpaired) electrons. The fourth-order valence-corrected chi connectivity index (χ4v) is 2.26. The summed E-state index contributed by atoms with van der Waals surface area (Å²) in [5.41, 5.74) is 2.19. The number of ether oxygens (including phenoxy) is 1. The number of aromatic nitrogens is 2. The van der Waals surface area contributed by atoms with Crippen molar-refractivity contribution in [3.63, 3.8) is 0 Å².